The van der Waals surface area contributed by atoms with E-state index in [1.807, 2.05) is 6.92 Å². The number of nitrogens with zero attached hydrogens (tertiary/aromatic N) is 2. The highest BCUT2D eigenvalue weighted by atomic mass is 16.5. The van der Waals surface area contributed by atoms with Crippen LogP contribution in [0, 0.1) is 5.92 Å². The van der Waals surface area contributed by atoms with Gasteiger partial charge in [-0.1, -0.05) is 6.07 Å². The van der Waals surface area contributed by atoms with Gasteiger partial charge in [0.15, 0.2) is 11.5 Å². The maximum atomic E-state index is 12.7. The Balaban J connectivity index is 1.50. The number of methoxy groups -OCH3 is 1. The number of nitrogens with one attached hydrogen (secondary N) is 1. The fourth-order valence-corrected chi connectivity index (χ4v) is 3.43. The van der Waals surface area contributed by atoms with Gasteiger partial charge in [-0.2, -0.15) is 5.10 Å². The fraction of sp³-hybridized carbons (Fsp3) is 0.348. The van der Waals surface area contributed by atoms with Gasteiger partial charge < -0.3 is 19.5 Å². The average Bonchev–Trinajstić information content (AvgIpc) is 2.81. The quantitative estimate of drug-likeness (QED) is 0.525. The summed E-state index contributed by atoms with van der Waals surface area (Å²) < 4.78 is 10.5. The van der Waals surface area contributed by atoms with Crippen molar-refractivity contribution in [2.24, 2.45) is 11.0 Å². The lowest BCUT2D eigenvalue weighted by Crippen LogP contribution is -2.42. The number of hydrogen-bond acceptors (Lipinski definition) is 6. The van der Waals surface area contributed by atoms with Crippen LogP contribution >= 0.6 is 0 Å². The van der Waals surface area contributed by atoms with Crippen LogP contribution in [-0.4, -0.2) is 54.8 Å². The predicted molar refractivity (Wildman–Crippen MR) is 117 cm³/mol. The van der Waals surface area contributed by atoms with E-state index in [0.29, 0.717) is 55.2 Å². The highest BCUT2D eigenvalue weighted by Gasteiger charge is 2.27. The summed E-state index contributed by atoms with van der Waals surface area (Å²) in [5, 5.41) is 13.7. The van der Waals surface area contributed by atoms with Gasteiger partial charge in [0.1, 0.15) is 5.75 Å². The van der Waals surface area contributed by atoms with E-state index in [1.54, 1.807) is 48.4 Å². The van der Waals surface area contributed by atoms with E-state index in [2.05, 4.69) is 10.5 Å². The SMILES string of the molecule is CCOc1cc(/C=N\NC(=O)C2CCN(C(=O)c3cccc(OC)c3)CC2)ccc1O. The van der Waals surface area contributed by atoms with Crippen LogP contribution in [0.5, 0.6) is 17.2 Å². The Bertz CT molecular complexity index is 952. The van der Waals surface area contributed by atoms with Crippen molar-refractivity contribution in [1.82, 2.24) is 10.3 Å². The monoisotopic (exact) mass is 425 g/mol. The molecule has 0 bridgehead atoms. The van der Waals surface area contributed by atoms with Gasteiger partial charge in [-0.25, -0.2) is 5.43 Å². The van der Waals surface area contributed by atoms with Gasteiger partial charge in [0, 0.05) is 24.6 Å². The Kier molecular flexibility index (Phi) is 7.48. The van der Waals surface area contributed by atoms with Gasteiger partial charge in [0.25, 0.3) is 5.91 Å². The second kappa shape index (κ2) is 10.5. The molecule has 2 N–H and O–H groups in total. The maximum Gasteiger partial charge on any atom is 0.253 e. The van der Waals surface area contributed by atoms with Crippen LogP contribution in [0.4, 0.5) is 0 Å². The summed E-state index contributed by atoms with van der Waals surface area (Å²) in [6.07, 6.45) is 2.65. The molecule has 2 amide bonds. The number of amides is 2. The zero-order valence-electron chi connectivity index (χ0n) is 17.7. The summed E-state index contributed by atoms with van der Waals surface area (Å²) in [5.41, 5.74) is 3.84. The van der Waals surface area contributed by atoms with Crippen LogP contribution in [0.15, 0.2) is 47.6 Å². The van der Waals surface area contributed by atoms with Crippen molar-refractivity contribution in [3.8, 4) is 17.2 Å². The summed E-state index contributed by atoms with van der Waals surface area (Å²) in [7, 11) is 1.57. The molecule has 1 heterocycles. The standard InChI is InChI=1S/C23H27N3O5/c1-3-31-21-13-16(7-8-20(21)27)15-24-25-22(28)17-9-11-26(12-10-17)23(29)18-5-4-6-19(14-18)30-2/h4-8,13-15,17,27H,3,9-12H2,1-2H3,(H,25,28)/b24-15-. The lowest BCUT2D eigenvalue weighted by molar-refractivity contribution is -0.126. The van der Waals surface area contributed by atoms with E-state index in [1.165, 1.54) is 12.3 Å². The highest BCUT2D eigenvalue weighted by molar-refractivity contribution is 5.94. The van der Waals surface area contributed by atoms with Gasteiger partial charge in [-0.05, 0) is 61.7 Å². The predicted octanol–water partition coefficient (Wildman–Crippen LogP) is 2.80. The third-order valence-corrected chi connectivity index (χ3v) is 5.14. The average molecular weight is 425 g/mol. The van der Waals surface area contributed by atoms with E-state index in [-0.39, 0.29) is 23.5 Å². The summed E-state index contributed by atoms with van der Waals surface area (Å²) in [5.74, 6) is 0.621. The summed E-state index contributed by atoms with van der Waals surface area (Å²) >= 11 is 0. The number of rotatable bonds is 7. The molecule has 0 atom stereocenters. The minimum absolute atomic E-state index is 0.0540. The van der Waals surface area contributed by atoms with Crippen molar-refractivity contribution in [2.45, 2.75) is 19.8 Å². The number of phenolic OH excluding ortho intramolecular Hbond substituents is 1. The third kappa shape index (κ3) is 5.75. The van der Waals surface area contributed by atoms with Crippen LogP contribution < -0.4 is 14.9 Å². The Morgan fingerprint density at radius 1 is 1.23 bits per heavy atom. The first-order valence-corrected chi connectivity index (χ1v) is 10.2. The second-order valence-corrected chi connectivity index (χ2v) is 7.19. The summed E-state index contributed by atoms with van der Waals surface area (Å²) in [6.45, 7) is 3.28. The van der Waals surface area contributed by atoms with E-state index in [4.69, 9.17) is 9.47 Å². The molecular formula is C23H27N3O5. The Morgan fingerprint density at radius 2 is 2.00 bits per heavy atom. The smallest absolute Gasteiger partial charge is 0.253 e. The number of hydrogen-bond donors (Lipinski definition) is 2. The largest absolute Gasteiger partial charge is 0.504 e. The normalized spacial score (nSPS) is 14.5. The minimum atomic E-state index is -0.203. The van der Waals surface area contributed by atoms with E-state index >= 15 is 0 Å². The molecule has 1 saturated heterocycles. The first kappa shape index (κ1) is 22.1. The van der Waals surface area contributed by atoms with E-state index < -0.39 is 0 Å². The molecule has 8 heteroatoms. The number of ether oxygens (including phenoxy) is 2. The molecular weight excluding hydrogens is 398 g/mol. The third-order valence-electron chi connectivity index (χ3n) is 5.14. The fourth-order valence-electron chi connectivity index (χ4n) is 3.43. The van der Waals surface area contributed by atoms with E-state index in [0.717, 1.165) is 0 Å². The van der Waals surface area contributed by atoms with E-state index in [9.17, 15) is 14.7 Å². The molecule has 0 aliphatic carbocycles. The first-order chi connectivity index (χ1) is 15.0. The molecule has 0 aromatic heterocycles. The molecule has 1 fully saturated rings. The lowest BCUT2D eigenvalue weighted by Gasteiger charge is -2.31. The minimum Gasteiger partial charge on any atom is -0.504 e. The Labute approximate surface area is 181 Å². The zero-order valence-corrected chi connectivity index (χ0v) is 17.7. The van der Waals surface area contributed by atoms with Gasteiger partial charge in [0.05, 0.1) is 19.9 Å². The number of piperidine rings is 1. The van der Waals surface area contributed by atoms with Crippen LogP contribution in [0.25, 0.3) is 0 Å². The van der Waals surface area contributed by atoms with Gasteiger partial charge >= 0.3 is 0 Å². The van der Waals surface area contributed by atoms with Crippen molar-refractivity contribution >= 4 is 18.0 Å². The van der Waals surface area contributed by atoms with Crippen molar-refractivity contribution in [1.29, 1.82) is 0 Å². The molecule has 1 aliphatic heterocycles. The van der Waals surface area contributed by atoms with Gasteiger partial charge in [-0.3, -0.25) is 9.59 Å². The zero-order chi connectivity index (χ0) is 22.2. The molecule has 0 unspecified atom stereocenters. The Morgan fingerprint density at radius 3 is 2.71 bits per heavy atom. The number of carbonyl (C=O) groups is 2. The molecule has 3 rings (SSSR count). The maximum absolute atomic E-state index is 12.7. The topological polar surface area (TPSA) is 100 Å². The molecule has 2 aromatic rings. The van der Waals surface area contributed by atoms with Crippen LogP contribution in [0.2, 0.25) is 0 Å². The molecule has 2 aromatic carbocycles. The highest BCUT2D eigenvalue weighted by Crippen LogP contribution is 2.26. The molecule has 0 radical (unpaired) electrons. The van der Waals surface area contributed by atoms with Crippen LogP contribution in [-0.2, 0) is 4.79 Å². The van der Waals surface area contributed by atoms with Crippen molar-refractivity contribution in [3.63, 3.8) is 0 Å². The number of hydrazone groups is 1. The van der Waals surface area contributed by atoms with Crippen molar-refractivity contribution in [3.05, 3.63) is 53.6 Å². The number of likely N-dealkylation sites (tertiary alicyclic amines) is 1. The molecule has 0 saturated carbocycles. The van der Waals surface area contributed by atoms with Crippen LogP contribution in [0.3, 0.4) is 0 Å². The molecule has 164 valence electrons. The van der Waals surface area contributed by atoms with Crippen molar-refractivity contribution < 1.29 is 24.2 Å². The van der Waals surface area contributed by atoms with Gasteiger partial charge in [0.2, 0.25) is 5.91 Å². The van der Waals surface area contributed by atoms with Crippen molar-refractivity contribution in [2.75, 3.05) is 26.8 Å². The number of phenols is 1. The first-order valence-electron chi connectivity index (χ1n) is 10.2. The molecule has 8 nitrogen and oxygen atoms in total. The lowest BCUT2D eigenvalue weighted by atomic mass is 9.95. The number of carbonyl (C=O) groups excluding carboxylic acids is 2. The summed E-state index contributed by atoms with van der Waals surface area (Å²) in [4.78, 5) is 26.9. The Hall–Kier alpha value is -3.55. The summed E-state index contributed by atoms with van der Waals surface area (Å²) in [6, 6.07) is 11.9. The number of aromatic hydroxyl groups is 1. The second-order valence-electron chi connectivity index (χ2n) is 7.19. The molecule has 31 heavy (non-hydrogen) atoms. The molecule has 1 aliphatic rings. The van der Waals surface area contributed by atoms with Gasteiger partial charge in [-0.15, -0.1) is 0 Å². The van der Waals surface area contributed by atoms with Crippen LogP contribution in [0.1, 0.15) is 35.7 Å². The number of benzene rings is 2. The molecule has 0 spiro atoms.